The third-order valence-corrected chi connectivity index (χ3v) is 5.56. The average molecular weight is 472 g/mol. The van der Waals surface area contributed by atoms with Crippen molar-refractivity contribution >= 4 is 73.2 Å². The number of esters is 1. The molecule has 0 radical (unpaired) electrons. The molecule has 0 bridgehead atoms. The number of halogens is 2. The van der Waals surface area contributed by atoms with Crippen LogP contribution in [0, 0.1) is 3.57 Å². The monoisotopic (exact) mass is 471 g/mol. The van der Waals surface area contributed by atoms with Gasteiger partial charge in [-0.2, -0.15) is 0 Å². The number of carbonyl (C=O) groups is 2. The van der Waals surface area contributed by atoms with Gasteiger partial charge in [0.15, 0.2) is 6.61 Å². The van der Waals surface area contributed by atoms with Crippen molar-refractivity contribution in [3.63, 3.8) is 0 Å². The first kappa shape index (κ1) is 17.2. The van der Waals surface area contributed by atoms with Gasteiger partial charge in [0.2, 0.25) is 0 Å². The van der Waals surface area contributed by atoms with Crippen molar-refractivity contribution in [2.45, 2.75) is 0 Å². The van der Waals surface area contributed by atoms with Gasteiger partial charge in [-0.3, -0.25) is 4.79 Å². The molecule has 3 rings (SSSR count). The molecule has 0 aliphatic heterocycles. The molecule has 0 aliphatic rings. The smallest absolute Gasteiger partial charge is 0.350 e. The largest absolute Gasteiger partial charge is 0.451 e. The van der Waals surface area contributed by atoms with Crippen LogP contribution in [-0.2, 0) is 9.53 Å². The van der Waals surface area contributed by atoms with E-state index < -0.39 is 11.9 Å². The summed E-state index contributed by atoms with van der Waals surface area (Å²) in [6.45, 7) is -0.366. The van der Waals surface area contributed by atoms with Gasteiger partial charge >= 0.3 is 5.97 Å². The topological polar surface area (TPSA) is 55.4 Å². The van der Waals surface area contributed by atoms with Crippen LogP contribution in [-0.4, -0.2) is 18.5 Å². The fourth-order valence-corrected chi connectivity index (χ4v) is 3.83. The highest BCUT2D eigenvalue weighted by atomic mass is 127. The van der Waals surface area contributed by atoms with E-state index in [4.69, 9.17) is 16.3 Å². The fraction of sp³-hybridized carbons (Fsp3) is 0.0588. The summed E-state index contributed by atoms with van der Waals surface area (Å²) >= 11 is 9.65. The molecule has 2 aromatic carbocycles. The zero-order valence-corrected chi connectivity index (χ0v) is 15.9. The van der Waals surface area contributed by atoms with E-state index >= 15 is 0 Å². The first-order valence-electron chi connectivity index (χ1n) is 6.94. The van der Waals surface area contributed by atoms with Gasteiger partial charge in [0.25, 0.3) is 5.91 Å². The van der Waals surface area contributed by atoms with Crippen LogP contribution in [0.2, 0.25) is 5.02 Å². The maximum atomic E-state index is 12.2. The lowest BCUT2D eigenvalue weighted by Gasteiger charge is -2.06. The molecule has 7 heteroatoms. The number of carbonyl (C=O) groups excluding carboxylic acids is 2. The fourth-order valence-electron chi connectivity index (χ4n) is 2.07. The van der Waals surface area contributed by atoms with Crippen molar-refractivity contribution in [1.82, 2.24) is 0 Å². The molecule has 3 aromatic rings. The molecule has 0 aliphatic carbocycles. The molecule has 0 spiro atoms. The van der Waals surface area contributed by atoms with Crippen molar-refractivity contribution in [2.24, 2.45) is 0 Å². The van der Waals surface area contributed by atoms with E-state index in [0.29, 0.717) is 15.6 Å². The maximum absolute atomic E-state index is 12.2. The highest BCUT2D eigenvalue weighted by molar-refractivity contribution is 14.1. The number of ether oxygens (including phenoxy) is 1. The first-order valence-corrected chi connectivity index (χ1v) is 9.21. The quantitative estimate of drug-likeness (QED) is 0.432. The van der Waals surface area contributed by atoms with Gasteiger partial charge in [0.1, 0.15) is 4.88 Å². The molecule has 1 aromatic heterocycles. The predicted molar refractivity (Wildman–Crippen MR) is 105 cm³/mol. The Morgan fingerprint density at radius 2 is 1.83 bits per heavy atom. The van der Waals surface area contributed by atoms with E-state index in [2.05, 4.69) is 27.9 Å². The van der Waals surface area contributed by atoms with Gasteiger partial charge in [-0.25, -0.2) is 4.79 Å². The lowest BCUT2D eigenvalue weighted by molar-refractivity contribution is -0.119. The molecular weight excluding hydrogens is 461 g/mol. The molecular formula is C17H11ClINO3S. The van der Waals surface area contributed by atoms with Gasteiger partial charge in [-0.15, -0.1) is 11.3 Å². The number of hydrogen-bond donors (Lipinski definition) is 1. The van der Waals surface area contributed by atoms with Crippen molar-refractivity contribution in [3.05, 3.63) is 62.0 Å². The van der Waals surface area contributed by atoms with Gasteiger partial charge in [-0.05, 0) is 52.9 Å². The third-order valence-electron chi connectivity index (χ3n) is 3.18. The van der Waals surface area contributed by atoms with Crippen molar-refractivity contribution in [2.75, 3.05) is 11.9 Å². The Balaban J connectivity index is 1.63. The number of thiophene rings is 1. The summed E-state index contributed by atoms with van der Waals surface area (Å²) in [5.74, 6) is -0.999. The van der Waals surface area contributed by atoms with Crippen LogP contribution >= 0.6 is 45.5 Å². The Bertz CT molecular complexity index is 908. The number of amides is 1. The Labute approximate surface area is 160 Å². The molecule has 0 unspecified atom stereocenters. The molecule has 0 fully saturated rings. The molecule has 4 nitrogen and oxygen atoms in total. The summed E-state index contributed by atoms with van der Waals surface area (Å²) in [5, 5.41) is 3.83. The summed E-state index contributed by atoms with van der Waals surface area (Å²) in [5.41, 5.74) is 0.649. The van der Waals surface area contributed by atoms with Gasteiger partial charge in [0.05, 0.1) is 5.02 Å². The van der Waals surface area contributed by atoms with Gasteiger partial charge in [-0.1, -0.05) is 29.8 Å². The Morgan fingerprint density at radius 1 is 1.12 bits per heavy atom. The second-order valence-electron chi connectivity index (χ2n) is 4.87. The molecule has 0 saturated heterocycles. The SMILES string of the molecule is O=C(COC(=O)c1sc2ccccc2c1Cl)Nc1ccc(I)cc1. The normalized spacial score (nSPS) is 10.6. The van der Waals surface area contributed by atoms with Crippen LogP contribution in [0.5, 0.6) is 0 Å². The Hall–Kier alpha value is -1.64. The average Bonchev–Trinajstić information content (AvgIpc) is 2.92. The zero-order chi connectivity index (χ0) is 17.1. The second-order valence-corrected chi connectivity index (χ2v) is 7.55. The van der Waals surface area contributed by atoms with Crippen LogP contribution in [0.25, 0.3) is 10.1 Å². The number of anilines is 1. The molecule has 1 heterocycles. The van der Waals surface area contributed by atoms with Gasteiger partial charge in [0, 0.05) is 19.3 Å². The third kappa shape index (κ3) is 3.88. The summed E-state index contributed by atoms with van der Waals surface area (Å²) < 4.78 is 7.04. The van der Waals surface area contributed by atoms with Crippen molar-refractivity contribution < 1.29 is 14.3 Å². The van der Waals surface area contributed by atoms with Crippen LogP contribution in [0.15, 0.2) is 48.5 Å². The molecule has 1 amide bonds. The number of nitrogens with one attached hydrogen (secondary N) is 1. The number of hydrogen-bond acceptors (Lipinski definition) is 4. The number of fused-ring (bicyclic) bond motifs is 1. The van der Waals surface area contributed by atoms with E-state index in [1.165, 1.54) is 11.3 Å². The Kier molecular flexibility index (Phi) is 5.37. The summed E-state index contributed by atoms with van der Waals surface area (Å²) in [4.78, 5) is 24.3. The minimum Gasteiger partial charge on any atom is -0.451 e. The minimum absolute atomic E-state index is 0.305. The zero-order valence-electron chi connectivity index (χ0n) is 12.2. The van der Waals surface area contributed by atoms with Crippen molar-refractivity contribution in [3.8, 4) is 0 Å². The van der Waals surface area contributed by atoms with Crippen LogP contribution in [0.1, 0.15) is 9.67 Å². The lowest BCUT2D eigenvalue weighted by atomic mass is 10.2. The second kappa shape index (κ2) is 7.50. The Morgan fingerprint density at radius 3 is 2.54 bits per heavy atom. The van der Waals surface area contributed by atoms with Crippen LogP contribution in [0.4, 0.5) is 5.69 Å². The molecule has 1 N–H and O–H groups in total. The maximum Gasteiger partial charge on any atom is 0.350 e. The summed E-state index contributed by atoms with van der Waals surface area (Å²) in [7, 11) is 0. The number of rotatable bonds is 4. The van der Waals surface area contributed by atoms with E-state index in [1.807, 2.05) is 36.4 Å². The van der Waals surface area contributed by atoms with E-state index in [1.54, 1.807) is 12.1 Å². The highest BCUT2D eigenvalue weighted by Gasteiger charge is 2.19. The summed E-state index contributed by atoms with van der Waals surface area (Å²) in [6.07, 6.45) is 0. The first-order chi connectivity index (χ1) is 11.5. The molecule has 122 valence electrons. The van der Waals surface area contributed by atoms with E-state index in [0.717, 1.165) is 13.7 Å². The van der Waals surface area contributed by atoms with E-state index in [-0.39, 0.29) is 6.61 Å². The standard InChI is InChI=1S/C17H11ClINO3S/c18-15-12-3-1-2-4-13(12)24-16(15)17(22)23-9-14(21)20-11-7-5-10(19)6-8-11/h1-8H,9H2,(H,20,21). The molecule has 0 saturated carbocycles. The number of benzene rings is 2. The lowest BCUT2D eigenvalue weighted by Crippen LogP contribution is -2.20. The minimum atomic E-state index is -0.598. The highest BCUT2D eigenvalue weighted by Crippen LogP contribution is 2.35. The predicted octanol–water partition coefficient (Wildman–Crippen LogP) is 4.95. The summed E-state index contributed by atoms with van der Waals surface area (Å²) in [6, 6.07) is 14.8. The molecule has 24 heavy (non-hydrogen) atoms. The van der Waals surface area contributed by atoms with Crippen molar-refractivity contribution in [1.29, 1.82) is 0 Å². The molecule has 0 atom stereocenters. The van der Waals surface area contributed by atoms with E-state index in [9.17, 15) is 9.59 Å². The van der Waals surface area contributed by atoms with Gasteiger partial charge < -0.3 is 10.1 Å². The van der Waals surface area contributed by atoms with Crippen LogP contribution < -0.4 is 5.32 Å². The van der Waals surface area contributed by atoms with Crippen LogP contribution in [0.3, 0.4) is 0 Å².